The summed E-state index contributed by atoms with van der Waals surface area (Å²) in [6.07, 6.45) is -0.300. The van der Waals surface area contributed by atoms with Gasteiger partial charge in [0.15, 0.2) is 6.10 Å². The zero-order chi connectivity index (χ0) is 29.5. The van der Waals surface area contributed by atoms with Gasteiger partial charge in [0.05, 0.1) is 23.7 Å². The smallest absolute Gasteiger partial charge is 0.262 e. The Morgan fingerprint density at radius 2 is 1.50 bits per heavy atom. The van der Waals surface area contributed by atoms with Crippen LogP contribution in [0.15, 0.2) is 119 Å². The highest BCUT2D eigenvalue weighted by molar-refractivity contribution is 9.10. The van der Waals surface area contributed by atoms with Crippen molar-refractivity contribution in [1.82, 2.24) is 9.62 Å². The van der Waals surface area contributed by atoms with E-state index in [0.29, 0.717) is 24.4 Å². The van der Waals surface area contributed by atoms with Crippen LogP contribution < -0.4 is 15.0 Å². The van der Waals surface area contributed by atoms with Gasteiger partial charge in [0.25, 0.3) is 5.91 Å². The molecule has 4 aromatic rings. The molecular formula is C32H30BrN3O5S. The normalized spacial score (nSPS) is 14.6. The summed E-state index contributed by atoms with van der Waals surface area (Å²) in [5, 5.41) is 2.90. The van der Waals surface area contributed by atoms with Crippen molar-refractivity contribution in [3.8, 4) is 5.75 Å². The highest BCUT2D eigenvalue weighted by Crippen LogP contribution is 2.33. The molecular weight excluding hydrogens is 618 g/mol. The Bertz CT molecular complexity index is 1630. The lowest BCUT2D eigenvalue weighted by atomic mass is 10.1. The lowest BCUT2D eigenvalue weighted by Crippen LogP contribution is -2.53. The van der Waals surface area contributed by atoms with Crippen molar-refractivity contribution in [3.63, 3.8) is 0 Å². The molecule has 0 aliphatic carbocycles. The van der Waals surface area contributed by atoms with Crippen molar-refractivity contribution in [2.75, 3.05) is 24.5 Å². The Hall–Kier alpha value is -3.99. The van der Waals surface area contributed by atoms with E-state index in [1.54, 1.807) is 42.5 Å². The van der Waals surface area contributed by atoms with Crippen LogP contribution in [0.2, 0.25) is 0 Å². The monoisotopic (exact) mass is 647 g/mol. The van der Waals surface area contributed by atoms with Gasteiger partial charge in [-0.1, -0.05) is 88.7 Å². The molecule has 216 valence electrons. The zero-order valence-electron chi connectivity index (χ0n) is 22.7. The largest absolute Gasteiger partial charge is 0.477 e. The number of halogens is 1. The van der Waals surface area contributed by atoms with Crippen LogP contribution in [0.4, 0.5) is 5.69 Å². The maximum Gasteiger partial charge on any atom is 0.262 e. The van der Waals surface area contributed by atoms with Gasteiger partial charge in [-0.05, 0) is 53.9 Å². The average Bonchev–Trinajstić information content (AvgIpc) is 3.02. The number of anilines is 1. The summed E-state index contributed by atoms with van der Waals surface area (Å²) in [6, 6.07) is 32.1. The number of carbonyl (C=O) groups excluding carboxylic acids is 2. The van der Waals surface area contributed by atoms with Crippen LogP contribution in [-0.4, -0.2) is 50.3 Å². The predicted octanol–water partition coefficient (Wildman–Crippen LogP) is 4.79. The van der Waals surface area contributed by atoms with E-state index in [4.69, 9.17) is 4.74 Å². The molecule has 0 fully saturated rings. The lowest BCUT2D eigenvalue weighted by molar-refractivity contribution is -0.128. The van der Waals surface area contributed by atoms with Crippen LogP contribution in [0.25, 0.3) is 0 Å². The summed E-state index contributed by atoms with van der Waals surface area (Å²) in [7, 11) is -4.03. The van der Waals surface area contributed by atoms with E-state index >= 15 is 0 Å². The van der Waals surface area contributed by atoms with Crippen LogP contribution in [0, 0.1) is 0 Å². The van der Waals surface area contributed by atoms with Gasteiger partial charge in [-0.2, -0.15) is 4.31 Å². The maximum atomic E-state index is 13.9. The fourth-order valence-corrected chi connectivity index (χ4v) is 6.36. The number of nitrogens with zero attached hydrogens (tertiary/aromatic N) is 2. The molecule has 1 heterocycles. The highest BCUT2D eigenvalue weighted by atomic mass is 79.9. The molecule has 0 bridgehead atoms. The van der Waals surface area contributed by atoms with E-state index in [9.17, 15) is 18.0 Å². The number of hydrogen-bond donors (Lipinski definition) is 1. The van der Waals surface area contributed by atoms with Crippen LogP contribution >= 0.6 is 15.9 Å². The molecule has 2 amide bonds. The molecule has 0 unspecified atom stereocenters. The first-order valence-electron chi connectivity index (χ1n) is 13.5. The molecule has 1 aliphatic rings. The van der Waals surface area contributed by atoms with E-state index in [2.05, 4.69) is 21.2 Å². The Labute approximate surface area is 254 Å². The van der Waals surface area contributed by atoms with Gasteiger partial charge in [0.1, 0.15) is 5.75 Å². The second-order valence-electron chi connectivity index (χ2n) is 9.82. The van der Waals surface area contributed by atoms with Crippen molar-refractivity contribution in [2.45, 2.75) is 24.0 Å². The number of fused-ring (bicyclic) bond motifs is 1. The third-order valence-electron chi connectivity index (χ3n) is 6.89. The summed E-state index contributed by atoms with van der Waals surface area (Å²) in [6.45, 7) is -0.0747. The van der Waals surface area contributed by atoms with Crippen LogP contribution in [0.3, 0.4) is 0 Å². The Morgan fingerprint density at radius 3 is 2.21 bits per heavy atom. The van der Waals surface area contributed by atoms with Gasteiger partial charge in [-0.3, -0.25) is 9.59 Å². The Kier molecular flexibility index (Phi) is 9.36. The zero-order valence-corrected chi connectivity index (χ0v) is 25.1. The van der Waals surface area contributed by atoms with Gasteiger partial charge in [0.2, 0.25) is 15.9 Å². The third-order valence-corrected chi connectivity index (χ3v) is 9.22. The minimum Gasteiger partial charge on any atom is -0.477 e. The summed E-state index contributed by atoms with van der Waals surface area (Å²) in [5.41, 5.74) is 2.30. The standard InChI is InChI=1S/C32H30BrN3O5S/c33-26-17-15-25(16-18-26)21-35(42(39,40)27-11-5-2-6-12-27)23-31(37)36-22-30(41-29-14-8-7-13-28(29)36)32(38)34-20-19-24-9-3-1-4-10-24/h1-18,30H,19-23H2,(H,34,38)/t30-/m1/s1. The van der Waals surface area contributed by atoms with E-state index in [1.165, 1.54) is 21.3 Å². The van der Waals surface area contributed by atoms with Crippen molar-refractivity contribution in [1.29, 1.82) is 0 Å². The van der Waals surface area contributed by atoms with Gasteiger partial charge in [-0.15, -0.1) is 0 Å². The maximum absolute atomic E-state index is 13.9. The van der Waals surface area contributed by atoms with E-state index < -0.39 is 28.6 Å². The molecule has 0 radical (unpaired) electrons. The highest BCUT2D eigenvalue weighted by Gasteiger charge is 2.36. The first-order valence-corrected chi connectivity index (χ1v) is 15.7. The first kappa shape index (κ1) is 29.5. The summed E-state index contributed by atoms with van der Waals surface area (Å²) < 4.78 is 35.5. The molecule has 42 heavy (non-hydrogen) atoms. The number of sulfonamides is 1. The molecule has 1 N–H and O–H groups in total. The molecule has 0 spiro atoms. The van der Waals surface area contributed by atoms with Gasteiger partial charge < -0.3 is 15.0 Å². The quantitative estimate of drug-likeness (QED) is 0.267. The van der Waals surface area contributed by atoms with Crippen molar-refractivity contribution in [2.24, 2.45) is 0 Å². The number of amides is 2. The van der Waals surface area contributed by atoms with Gasteiger partial charge >= 0.3 is 0 Å². The minimum atomic E-state index is -4.03. The number of para-hydroxylation sites is 2. The number of carbonyl (C=O) groups is 2. The van der Waals surface area contributed by atoms with E-state index in [-0.39, 0.29) is 23.9 Å². The molecule has 10 heteroatoms. The summed E-state index contributed by atoms with van der Waals surface area (Å²) in [4.78, 5) is 28.5. The molecule has 0 aromatic heterocycles. The van der Waals surface area contributed by atoms with E-state index in [0.717, 1.165) is 15.6 Å². The third kappa shape index (κ3) is 7.07. The molecule has 4 aromatic carbocycles. The van der Waals surface area contributed by atoms with E-state index in [1.807, 2.05) is 54.6 Å². The van der Waals surface area contributed by atoms with Crippen molar-refractivity contribution in [3.05, 3.63) is 125 Å². The molecule has 1 atom stereocenters. The number of rotatable bonds is 10. The predicted molar refractivity (Wildman–Crippen MR) is 165 cm³/mol. The van der Waals surface area contributed by atoms with Crippen molar-refractivity contribution < 1.29 is 22.7 Å². The summed E-state index contributed by atoms with van der Waals surface area (Å²) >= 11 is 3.40. The van der Waals surface area contributed by atoms with Crippen molar-refractivity contribution >= 4 is 43.5 Å². The molecule has 0 saturated carbocycles. The molecule has 5 rings (SSSR count). The average molecular weight is 649 g/mol. The number of benzene rings is 4. The number of nitrogens with one attached hydrogen (secondary N) is 1. The fourth-order valence-electron chi connectivity index (χ4n) is 4.69. The SMILES string of the molecule is O=C(NCCc1ccccc1)[C@H]1CN(C(=O)CN(Cc2ccc(Br)cc2)S(=O)(=O)c2ccccc2)c2ccccc2O1. The fraction of sp³-hybridized carbons (Fsp3) is 0.188. The topological polar surface area (TPSA) is 96.0 Å². The van der Waals surface area contributed by atoms with Crippen LogP contribution in [0.5, 0.6) is 5.75 Å². The molecule has 0 saturated heterocycles. The number of ether oxygens (including phenoxy) is 1. The molecule has 1 aliphatic heterocycles. The van der Waals surface area contributed by atoms with Crippen LogP contribution in [0.1, 0.15) is 11.1 Å². The lowest BCUT2D eigenvalue weighted by Gasteiger charge is -2.35. The van der Waals surface area contributed by atoms with Gasteiger partial charge in [-0.25, -0.2) is 8.42 Å². The second kappa shape index (κ2) is 13.3. The minimum absolute atomic E-state index is 0.00830. The second-order valence-corrected chi connectivity index (χ2v) is 12.7. The van der Waals surface area contributed by atoms with Crippen LogP contribution in [-0.2, 0) is 32.6 Å². The molecule has 8 nitrogen and oxygen atoms in total. The summed E-state index contributed by atoms with van der Waals surface area (Å²) in [5.74, 6) is -0.433. The van der Waals surface area contributed by atoms with Gasteiger partial charge in [0, 0.05) is 17.6 Å². The Balaban J connectivity index is 1.36. The first-order chi connectivity index (χ1) is 20.3. The Morgan fingerprint density at radius 1 is 0.857 bits per heavy atom. The number of hydrogen-bond acceptors (Lipinski definition) is 5.